The lowest BCUT2D eigenvalue weighted by molar-refractivity contribution is 0.414. The molecular weight excluding hydrogens is 290 g/mol. The van der Waals surface area contributed by atoms with E-state index in [-0.39, 0.29) is 17.2 Å². The lowest BCUT2D eigenvalue weighted by atomic mass is 10.1. The minimum absolute atomic E-state index is 0.115. The summed E-state index contributed by atoms with van der Waals surface area (Å²) in [5.74, 6) is 0.474. The molecule has 2 aromatic rings. The quantitative estimate of drug-likeness (QED) is 0.855. The number of methoxy groups -OCH3 is 1. The van der Waals surface area contributed by atoms with Crippen LogP contribution in [0, 0.1) is 0 Å². The van der Waals surface area contributed by atoms with Gasteiger partial charge < -0.3 is 9.84 Å². The molecule has 2 aromatic carbocycles. The molecule has 0 aliphatic carbocycles. The lowest BCUT2D eigenvalue weighted by Crippen LogP contribution is -2.26. The van der Waals surface area contributed by atoms with Gasteiger partial charge in [-0.25, -0.2) is 13.1 Å². The lowest BCUT2D eigenvalue weighted by Gasteiger charge is -2.08. The Hall–Kier alpha value is -2.05. The summed E-state index contributed by atoms with van der Waals surface area (Å²) in [6.45, 7) is 0.240. The van der Waals surface area contributed by atoms with Crippen molar-refractivity contribution in [1.82, 2.24) is 4.72 Å². The van der Waals surface area contributed by atoms with E-state index in [1.165, 1.54) is 12.1 Å². The second kappa shape index (κ2) is 6.60. The standard InChI is InChI=1S/C15H17NO4S/c1-20-13-6-4-5-12(11-13)9-10-16-21(18,19)15-8-3-2-7-14(15)17/h2-8,11,16-17H,9-10H2,1H3. The van der Waals surface area contributed by atoms with E-state index in [0.717, 1.165) is 11.3 Å². The molecule has 0 saturated heterocycles. The molecule has 0 heterocycles. The number of hydrogen-bond acceptors (Lipinski definition) is 4. The van der Waals surface area contributed by atoms with Crippen molar-refractivity contribution in [1.29, 1.82) is 0 Å². The number of para-hydroxylation sites is 1. The first kappa shape index (κ1) is 15.3. The van der Waals surface area contributed by atoms with Gasteiger partial charge in [-0.3, -0.25) is 0 Å². The zero-order valence-corrected chi connectivity index (χ0v) is 12.4. The average Bonchev–Trinajstić information content (AvgIpc) is 2.47. The van der Waals surface area contributed by atoms with Crippen molar-refractivity contribution in [2.24, 2.45) is 0 Å². The fourth-order valence-corrected chi connectivity index (χ4v) is 3.05. The summed E-state index contributed by atoms with van der Waals surface area (Å²) in [5.41, 5.74) is 0.967. The van der Waals surface area contributed by atoms with Crippen LogP contribution in [-0.4, -0.2) is 27.2 Å². The van der Waals surface area contributed by atoms with E-state index in [2.05, 4.69) is 4.72 Å². The minimum Gasteiger partial charge on any atom is -0.507 e. The van der Waals surface area contributed by atoms with Gasteiger partial charge in [-0.05, 0) is 36.2 Å². The van der Waals surface area contributed by atoms with Crippen LogP contribution in [0.1, 0.15) is 5.56 Å². The number of phenolic OH excluding ortho intramolecular Hbond substituents is 1. The molecule has 21 heavy (non-hydrogen) atoms. The normalized spacial score (nSPS) is 11.3. The minimum atomic E-state index is -3.71. The monoisotopic (exact) mass is 307 g/mol. The van der Waals surface area contributed by atoms with Gasteiger partial charge in [0.2, 0.25) is 10.0 Å². The van der Waals surface area contributed by atoms with Crippen molar-refractivity contribution in [3.8, 4) is 11.5 Å². The molecule has 112 valence electrons. The molecule has 0 amide bonds. The molecule has 0 radical (unpaired) electrons. The Kier molecular flexibility index (Phi) is 4.82. The van der Waals surface area contributed by atoms with Crippen LogP contribution in [0.3, 0.4) is 0 Å². The maximum Gasteiger partial charge on any atom is 0.244 e. The largest absolute Gasteiger partial charge is 0.507 e. The first-order valence-corrected chi connectivity index (χ1v) is 7.92. The van der Waals surface area contributed by atoms with Gasteiger partial charge in [-0.1, -0.05) is 24.3 Å². The van der Waals surface area contributed by atoms with E-state index >= 15 is 0 Å². The van der Waals surface area contributed by atoms with Crippen molar-refractivity contribution >= 4 is 10.0 Å². The van der Waals surface area contributed by atoms with Crippen LogP contribution in [0.25, 0.3) is 0 Å². The second-order valence-corrected chi connectivity index (χ2v) is 6.20. The predicted octanol–water partition coefficient (Wildman–Crippen LogP) is 1.92. The summed E-state index contributed by atoms with van der Waals surface area (Å²) < 4.78 is 31.7. The van der Waals surface area contributed by atoms with Crippen LogP contribution in [0.5, 0.6) is 11.5 Å². The van der Waals surface area contributed by atoms with Crippen molar-refractivity contribution in [3.63, 3.8) is 0 Å². The van der Waals surface area contributed by atoms with Gasteiger partial charge in [0, 0.05) is 6.54 Å². The van der Waals surface area contributed by atoms with Gasteiger partial charge in [-0.2, -0.15) is 0 Å². The number of rotatable bonds is 6. The molecule has 2 N–H and O–H groups in total. The molecule has 0 saturated carbocycles. The van der Waals surface area contributed by atoms with Crippen LogP contribution in [0.15, 0.2) is 53.4 Å². The van der Waals surface area contributed by atoms with Gasteiger partial charge in [0.05, 0.1) is 7.11 Å². The van der Waals surface area contributed by atoms with Crippen molar-refractivity contribution in [2.75, 3.05) is 13.7 Å². The highest BCUT2D eigenvalue weighted by molar-refractivity contribution is 7.89. The molecule has 2 rings (SSSR count). The molecule has 0 aromatic heterocycles. The van der Waals surface area contributed by atoms with E-state index in [1.54, 1.807) is 19.2 Å². The van der Waals surface area contributed by atoms with Crippen LogP contribution in [0.4, 0.5) is 0 Å². The Balaban J connectivity index is 2.01. The summed E-state index contributed by atoms with van der Waals surface area (Å²) in [4.78, 5) is -0.115. The van der Waals surface area contributed by atoms with E-state index in [1.807, 2.05) is 24.3 Å². The Morgan fingerprint density at radius 1 is 1.14 bits per heavy atom. The number of sulfonamides is 1. The Morgan fingerprint density at radius 3 is 2.62 bits per heavy atom. The van der Waals surface area contributed by atoms with Gasteiger partial charge in [0.1, 0.15) is 16.4 Å². The first-order chi connectivity index (χ1) is 10.0. The molecule has 0 aliphatic heterocycles. The maximum atomic E-state index is 12.1. The highest BCUT2D eigenvalue weighted by Gasteiger charge is 2.17. The topological polar surface area (TPSA) is 75.6 Å². The molecule has 0 spiro atoms. The zero-order valence-electron chi connectivity index (χ0n) is 11.6. The van der Waals surface area contributed by atoms with E-state index in [4.69, 9.17) is 4.74 Å². The predicted molar refractivity (Wildman–Crippen MR) is 80.0 cm³/mol. The molecule has 0 fully saturated rings. The number of nitrogens with one attached hydrogen (secondary N) is 1. The number of aromatic hydroxyl groups is 1. The molecule has 0 bridgehead atoms. The SMILES string of the molecule is COc1cccc(CCNS(=O)(=O)c2ccccc2O)c1. The third-order valence-corrected chi connectivity index (χ3v) is 4.50. The smallest absolute Gasteiger partial charge is 0.244 e. The number of ether oxygens (including phenoxy) is 1. The van der Waals surface area contributed by atoms with Crippen LogP contribution < -0.4 is 9.46 Å². The Bertz CT molecular complexity index is 713. The third-order valence-electron chi connectivity index (χ3n) is 2.99. The van der Waals surface area contributed by atoms with Gasteiger partial charge >= 0.3 is 0 Å². The fourth-order valence-electron chi connectivity index (χ4n) is 1.92. The zero-order chi connectivity index (χ0) is 15.3. The number of phenols is 1. The molecule has 0 aliphatic rings. The molecular formula is C15H17NO4S. The highest BCUT2D eigenvalue weighted by Crippen LogP contribution is 2.21. The summed E-state index contributed by atoms with van der Waals surface area (Å²) in [6.07, 6.45) is 0.532. The molecule has 5 nitrogen and oxygen atoms in total. The number of benzene rings is 2. The van der Waals surface area contributed by atoms with Crippen LogP contribution in [0.2, 0.25) is 0 Å². The molecule has 0 atom stereocenters. The van der Waals surface area contributed by atoms with Crippen molar-refractivity contribution in [3.05, 3.63) is 54.1 Å². The molecule has 6 heteroatoms. The van der Waals surface area contributed by atoms with Crippen LogP contribution in [-0.2, 0) is 16.4 Å². The second-order valence-electron chi connectivity index (χ2n) is 4.47. The average molecular weight is 307 g/mol. The third kappa shape index (κ3) is 3.96. The maximum absolute atomic E-state index is 12.1. The highest BCUT2D eigenvalue weighted by atomic mass is 32.2. The van der Waals surface area contributed by atoms with Gasteiger partial charge in [0.25, 0.3) is 0 Å². The molecule has 0 unspecified atom stereocenters. The van der Waals surface area contributed by atoms with E-state index < -0.39 is 10.0 Å². The van der Waals surface area contributed by atoms with Gasteiger partial charge in [-0.15, -0.1) is 0 Å². The number of hydrogen-bond donors (Lipinski definition) is 2. The summed E-state index contributed by atoms with van der Waals surface area (Å²) in [6, 6.07) is 13.3. The summed E-state index contributed by atoms with van der Waals surface area (Å²) in [5, 5.41) is 9.60. The summed E-state index contributed by atoms with van der Waals surface area (Å²) in [7, 11) is -2.12. The van der Waals surface area contributed by atoms with E-state index in [9.17, 15) is 13.5 Å². The van der Waals surface area contributed by atoms with Crippen LogP contribution >= 0.6 is 0 Å². The van der Waals surface area contributed by atoms with Crippen molar-refractivity contribution < 1.29 is 18.3 Å². The van der Waals surface area contributed by atoms with Gasteiger partial charge in [0.15, 0.2) is 0 Å². The fraction of sp³-hybridized carbons (Fsp3) is 0.200. The Labute approximate surface area is 124 Å². The summed E-state index contributed by atoms with van der Waals surface area (Å²) >= 11 is 0. The van der Waals surface area contributed by atoms with Crippen molar-refractivity contribution in [2.45, 2.75) is 11.3 Å². The Morgan fingerprint density at radius 2 is 1.90 bits per heavy atom. The first-order valence-electron chi connectivity index (χ1n) is 6.43. The van der Waals surface area contributed by atoms with E-state index in [0.29, 0.717) is 6.42 Å².